The first-order valence-corrected chi connectivity index (χ1v) is 7.60. The van der Waals surface area contributed by atoms with Gasteiger partial charge >= 0.3 is 0 Å². The Bertz CT molecular complexity index is 629. The maximum absolute atomic E-state index is 11.6. The summed E-state index contributed by atoms with van der Waals surface area (Å²) in [6, 6.07) is 0. The molecule has 1 heterocycles. The summed E-state index contributed by atoms with van der Waals surface area (Å²) < 4.78 is 5.17. The van der Waals surface area contributed by atoms with Gasteiger partial charge in [0.2, 0.25) is 5.91 Å². The second-order valence-corrected chi connectivity index (χ2v) is 5.40. The van der Waals surface area contributed by atoms with Crippen LogP contribution in [0.4, 0.5) is 11.4 Å². The lowest BCUT2D eigenvalue weighted by molar-refractivity contribution is -0.118. The molecule has 1 fully saturated rings. The number of ether oxygens (including phenoxy) is 1. The Morgan fingerprint density at radius 3 is 2.39 bits per heavy atom. The van der Waals surface area contributed by atoms with E-state index in [4.69, 9.17) is 16.3 Å². The van der Waals surface area contributed by atoms with Crippen molar-refractivity contribution in [1.82, 2.24) is 5.32 Å². The number of alkyl halides is 1. The van der Waals surface area contributed by atoms with E-state index in [1.54, 1.807) is 0 Å². The second-order valence-electron chi connectivity index (χ2n) is 5.13. The quantitative estimate of drug-likeness (QED) is 0.199. The number of hydrogen-bond acceptors (Lipinski definition) is 8. The number of carbonyl (C=O) groups is 1. The van der Waals surface area contributed by atoms with Crippen molar-refractivity contribution in [1.29, 1.82) is 0 Å². The molecule has 3 unspecified atom stereocenters. The highest BCUT2D eigenvalue weighted by Gasteiger charge is 2.35. The minimum absolute atomic E-state index is 0.0187. The number of carbonyl (C=O) groups excluding carboxylic acids is 1. The van der Waals surface area contributed by atoms with Crippen LogP contribution in [0.25, 0.3) is 0 Å². The van der Waals surface area contributed by atoms with Crippen LogP contribution in [0.3, 0.4) is 0 Å². The Kier molecular flexibility index (Phi) is 5.94. The molecular formula is C13H18ClN3O6. The summed E-state index contributed by atoms with van der Waals surface area (Å²) in [5.74, 6) is -0.481. The van der Waals surface area contributed by atoms with E-state index in [0.717, 1.165) is 0 Å². The second kappa shape index (κ2) is 7.73. The zero-order valence-electron chi connectivity index (χ0n) is 12.2. The molecular weight excluding hydrogens is 330 g/mol. The number of halogens is 1. The first-order valence-electron chi connectivity index (χ1n) is 7.07. The predicted molar refractivity (Wildman–Crippen MR) is 83.8 cm³/mol. The summed E-state index contributed by atoms with van der Waals surface area (Å²) >= 11 is 5.32. The Hall–Kier alpha value is -1.68. The SMILES string of the molecule is O=C(CCl)NCCNc1c(NCC2OCC(O)C2O)c(=O)c1=O. The van der Waals surface area contributed by atoms with Crippen LogP contribution >= 0.6 is 11.6 Å². The zero-order chi connectivity index (χ0) is 17.0. The van der Waals surface area contributed by atoms with Crippen molar-refractivity contribution in [3.05, 3.63) is 20.4 Å². The lowest BCUT2D eigenvalue weighted by Crippen LogP contribution is -2.41. The van der Waals surface area contributed by atoms with Crippen LogP contribution in [0.1, 0.15) is 0 Å². The number of aliphatic hydroxyl groups is 2. The number of nitrogens with one attached hydrogen (secondary N) is 3. The highest BCUT2D eigenvalue weighted by atomic mass is 35.5. The van der Waals surface area contributed by atoms with Crippen molar-refractivity contribution in [2.75, 3.05) is 42.8 Å². The van der Waals surface area contributed by atoms with E-state index in [1.807, 2.05) is 0 Å². The van der Waals surface area contributed by atoms with Gasteiger partial charge in [0.1, 0.15) is 35.6 Å². The highest BCUT2D eigenvalue weighted by molar-refractivity contribution is 6.27. The van der Waals surface area contributed by atoms with Crippen LogP contribution in [-0.4, -0.2) is 66.6 Å². The molecule has 0 spiro atoms. The van der Waals surface area contributed by atoms with E-state index in [1.165, 1.54) is 0 Å². The first kappa shape index (κ1) is 17.7. The van der Waals surface area contributed by atoms with Crippen molar-refractivity contribution < 1.29 is 19.7 Å². The van der Waals surface area contributed by atoms with Crippen LogP contribution in [-0.2, 0) is 9.53 Å². The average molecular weight is 348 g/mol. The van der Waals surface area contributed by atoms with E-state index < -0.39 is 29.2 Å². The van der Waals surface area contributed by atoms with Gasteiger partial charge < -0.3 is 30.9 Å². The number of anilines is 2. The van der Waals surface area contributed by atoms with Gasteiger partial charge in [0, 0.05) is 19.6 Å². The molecule has 0 aromatic heterocycles. The van der Waals surface area contributed by atoms with Gasteiger partial charge in [0.15, 0.2) is 0 Å². The van der Waals surface area contributed by atoms with E-state index in [2.05, 4.69) is 16.0 Å². The lowest BCUT2D eigenvalue weighted by atomic mass is 10.1. The molecule has 1 saturated heterocycles. The Morgan fingerprint density at radius 1 is 1.17 bits per heavy atom. The van der Waals surface area contributed by atoms with Gasteiger partial charge in [-0.2, -0.15) is 0 Å². The fourth-order valence-corrected chi connectivity index (χ4v) is 2.31. The minimum Gasteiger partial charge on any atom is -0.388 e. The first-order chi connectivity index (χ1) is 11.0. The van der Waals surface area contributed by atoms with Crippen molar-refractivity contribution in [3.8, 4) is 0 Å². The maximum atomic E-state index is 11.6. The highest BCUT2D eigenvalue weighted by Crippen LogP contribution is 2.18. The summed E-state index contributed by atoms with van der Waals surface area (Å²) in [4.78, 5) is 34.0. The van der Waals surface area contributed by atoms with Crippen molar-refractivity contribution >= 4 is 28.9 Å². The van der Waals surface area contributed by atoms with Crippen LogP contribution in [0.5, 0.6) is 0 Å². The van der Waals surface area contributed by atoms with E-state index >= 15 is 0 Å². The summed E-state index contributed by atoms with van der Waals surface area (Å²) in [6.07, 6.45) is -2.67. The molecule has 1 amide bonds. The summed E-state index contributed by atoms with van der Waals surface area (Å²) in [6.45, 7) is 0.607. The third kappa shape index (κ3) is 3.99. The molecule has 9 nitrogen and oxygen atoms in total. The molecule has 128 valence electrons. The van der Waals surface area contributed by atoms with Crippen molar-refractivity contribution in [2.24, 2.45) is 0 Å². The van der Waals surface area contributed by atoms with Gasteiger partial charge in [-0.1, -0.05) is 0 Å². The van der Waals surface area contributed by atoms with E-state index in [-0.39, 0.29) is 49.4 Å². The summed E-state index contributed by atoms with van der Waals surface area (Å²) in [5.41, 5.74) is -1.08. The minimum atomic E-state index is -1.05. The average Bonchev–Trinajstić information content (AvgIpc) is 2.87. The Morgan fingerprint density at radius 2 is 1.83 bits per heavy atom. The predicted octanol–water partition coefficient (Wildman–Crippen LogP) is -2.42. The summed E-state index contributed by atoms with van der Waals surface area (Å²) in [7, 11) is 0. The molecule has 1 aromatic carbocycles. The standard InChI is InChI=1S/C13H18ClN3O6/c14-3-8(19)15-1-2-16-9-10(13(22)12(9)21)17-4-7-11(20)6(18)5-23-7/h6-7,11,16-18,20H,1-5H2,(H,15,19). The fraction of sp³-hybridized carbons (Fsp3) is 0.615. The molecule has 1 aliphatic rings. The molecule has 3 atom stereocenters. The fourth-order valence-electron chi connectivity index (χ4n) is 2.22. The number of amides is 1. The molecule has 0 aliphatic carbocycles. The van der Waals surface area contributed by atoms with Gasteiger partial charge in [-0.15, -0.1) is 11.6 Å². The topological polar surface area (TPSA) is 137 Å². The lowest BCUT2D eigenvalue weighted by Gasteiger charge is -2.19. The molecule has 5 N–H and O–H groups in total. The van der Waals surface area contributed by atoms with Crippen molar-refractivity contribution in [2.45, 2.75) is 18.3 Å². The molecule has 0 bridgehead atoms. The van der Waals surface area contributed by atoms with Gasteiger partial charge in [0.25, 0.3) is 10.9 Å². The third-order valence-corrected chi connectivity index (χ3v) is 3.76. The maximum Gasteiger partial charge on any atom is 0.253 e. The molecule has 23 heavy (non-hydrogen) atoms. The van der Waals surface area contributed by atoms with Gasteiger partial charge in [-0.25, -0.2) is 0 Å². The molecule has 10 heteroatoms. The number of hydrogen-bond donors (Lipinski definition) is 5. The normalized spacial score (nSPS) is 23.9. The number of rotatable bonds is 8. The van der Waals surface area contributed by atoms with Gasteiger partial charge in [0.05, 0.1) is 6.61 Å². The van der Waals surface area contributed by atoms with Gasteiger partial charge in [-0.05, 0) is 0 Å². The molecule has 1 aromatic rings. The van der Waals surface area contributed by atoms with Crippen LogP contribution in [0.2, 0.25) is 0 Å². The van der Waals surface area contributed by atoms with E-state index in [9.17, 15) is 24.6 Å². The van der Waals surface area contributed by atoms with E-state index in [0.29, 0.717) is 0 Å². The smallest absolute Gasteiger partial charge is 0.253 e. The Balaban J connectivity index is 1.83. The van der Waals surface area contributed by atoms with Crippen LogP contribution in [0.15, 0.2) is 9.59 Å². The van der Waals surface area contributed by atoms with Gasteiger partial charge in [-0.3, -0.25) is 14.4 Å². The monoisotopic (exact) mass is 347 g/mol. The van der Waals surface area contributed by atoms with Crippen molar-refractivity contribution in [3.63, 3.8) is 0 Å². The molecule has 2 rings (SSSR count). The zero-order valence-corrected chi connectivity index (χ0v) is 12.9. The Labute approximate surface area is 136 Å². The molecule has 0 radical (unpaired) electrons. The number of aliphatic hydroxyl groups excluding tert-OH is 2. The largest absolute Gasteiger partial charge is 0.388 e. The third-order valence-electron chi connectivity index (χ3n) is 3.52. The van der Waals surface area contributed by atoms with Crippen LogP contribution in [0, 0.1) is 0 Å². The molecule has 1 aliphatic heterocycles. The van der Waals surface area contributed by atoms with Crippen LogP contribution < -0.4 is 26.8 Å². The molecule has 0 saturated carbocycles. The summed E-state index contributed by atoms with van der Waals surface area (Å²) in [5, 5.41) is 27.0.